The fraction of sp³-hybridized carbons (Fsp3) is 0. The van der Waals surface area contributed by atoms with Crippen LogP contribution in [0, 0.1) is 0 Å². The van der Waals surface area contributed by atoms with E-state index in [-0.39, 0.29) is 0 Å². The maximum Gasteiger partial charge on any atom is 0.164 e. The molecule has 4 nitrogen and oxygen atoms in total. The lowest BCUT2D eigenvalue weighted by molar-refractivity contribution is 0.669. The van der Waals surface area contributed by atoms with Crippen molar-refractivity contribution in [1.82, 2.24) is 15.0 Å². The number of benzene rings is 7. The molecule has 0 amide bonds. The summed E-state index contributed by atoms with van der Waals surface area (Å²) >= 11 is 1.86. The van der Waals surface area contributed by atoms with Crippen molar-refractivity contribution in [3.8, 4) is 56.4 Å². The van der Waals surface area contributed by atoms with Crippen molar-refractivity contribution in [2.24, 2.45) is 0 Å². The van der Waals surface area contributed by atoms with Gasteiger partial charge < -0.3 is 4.42 Å². The second-order valence-corrected chi connectivity index (χ2v) is 13.4. The molecule has 0 atom stereocenters. The third-order valence-corrected chi connectivity index (χ3v) is 10.6. The van der Waals surface area contributed by atoms with E-state index in [4.69, 9.17) is 19.4 Å². The second kappa shape index (κ2) is 11.6. The molecule has 0 spiro atoms. The molecular weight excluding hydrogens is 631 g/mol. The first-order valence-electron chi connectivity index (χ1n) is 16.6. The summed E-state index contributed by atoms with van der Waals surface area (Å²) in [6, 6.07) is 56.8. The molecule has 3 aromatic heterocycles. The van der Waals surface area contributed by atoms with Crippen LogP contribution in [0.4, 0.5) is 0 Å². The van der Waals surface area contributed by atoms with Crippen LogP contribution in [0.25, 0.3) is 98.5 Å². The Labute approximate surface area is 292 Å². The van der Waals surface area contributed by atoms with Gasteiger partial charge in [-0.15, -0.1) is 11.3 Å². The number of aromatic nitrogens is 3. The SMILES string of the molecule is c1ccc(-c2nc(-c3ccccc3)nc(-c3ccc4c(c3)oc3cccc(-c5cccc(-c6cccc7c6sc6ccccc67)c5)c34)n2)cc1. The molecule has 0 radical (unpaired) electrons. The molecule has 0 fully saturated rings. The molecule has 0 aliphatic carbocycles. The minimum atomic E-state index is 0.600. The summed E-state index contributed by atoms with van der Waals surface area (Å²) in [5, 5.41) is 4.76. The van der Waals surface area contributed by atoms with Gasteiger partial charge in [-0.25, -0.2) is 15.0 Å². The van der Waals surface area contributed by atoms with Crippen LogP contribution in [0.5, 0.6) is 0 Å². The third-order valence-electron chi connectivity index (χ3n) is 9.34. The Morgan fingerprint density at radius 3 is 1.72 bits per heavy atom. The summed E-state index contributed by atoms with van der Waals surface area (Å²) in [4.78, 5) is 14.7. The molecular formula is C45H27N3OS. The zero-order valence-electron chi connectivity index (χ0n) is 26.7. The van der Waals surface area contributed by atoms with Crippen LogP contribution in [0.15, 0.2) is 168 Å². The second-order valence-electron chi connectivity index (χ2n) is 12.4. The first-order valence-corrected chi connectivity index (χ1v) is 17.4. The fourth-order valence-corrected chi connectivity index (χ4v) is 8.21. The lowest BCUT2D eigenvalue weighted by Crippen LogP contribution is -2.00. The highest BCUT2D eigenvalue weighted by molar-refractivity contribution is 7.26. The van der Waals surface area contributed by atoms with Crippen LogP contribution >= 0.6 is 11.3 Å². The van der Waals surface area contributed by atoms with Gasteiger partial charge in [0.15, 0.2) is 17.5 Å². The molecule has 7 aromatic carbocycles. The molecule has 10 rings (SSSR count). The van der Waals surface area contributed by atoms with E-state index in [0.29, 0.717) is 17.5 Å². The van der Waals surface area contributed by atoms with E-state index >= 15 is 0 Å². The van der Waals surface area contributed by atoms with E-state index in [1.165, 1.54) is 31.3 Å². The minimum absolute atomic E-state index is 0.600. The average molecular weight is 658 g/mol. The summed E-state index contributed by atoms with van der Waals surface area (Å²) < 4.78 is 9.17. The quantitative estimate of drug-likeness (QED) is 0.185. The number of thiophene rings is 1. The lowest BCUT2D eigenvalue weighted by atomic mass is 9.95. The number of fused-ring (bicyclic) bond motifs is 6. The Morgan fingerprint density at radius 1 is 0.380 bits per heavy atom. The smallest absolute Gasteiger partial charge is 0.164 e. The lowest BCUT2D eigenvalue weighted by Gasteiger charge is -2.09. The highest BCUT2D eigenvalue weighted by Crippen LogP contribution is 2.42. The van der Waals surface area contributed by atoms with Crippen molar-refractivity contribution >= 4 is 53.4 Å². The first kappa shape index (κ1) is 28.6. The van der Waals surface area contributed by atoms with Gasteiger partial charge in [-0.2, -0.15) is 0 Å². The molecule has 0 unspecified atom stereocenters. The van der Waals surface area contributed by atoms with Gasteiger partial charge >= 0.3 is 0 Å². The van der Waals surface area contributed by atoms with Gasteiger partial charge in [-0.1, -0.05) is 133 Å². The van der Waals surface area contributed by atoms with Gasteiger partial charge in [0, 0.05) is 47.6 Å². The number of hydrogen-bond acceptors (Lipinski definition) is 5. The molecule has 50 heavy (non-hydrogen) atoms. The van der Waals surface area contributed by atoms with E-state index in [0.717, 1.165) is 49.8 Å². The molecule has 0 saturated carbocycles. The summed E-state index contributed by atoms with van der Waals surface area (Å²) in [5.41, 5.74) is 9.12. The van der Waals surface area contributed by atoms with Crippen molar-refractivity contribution in [1.29, 1.82) is 0 Å². The minimum Gasteiger partial charge on any atom is -0.456 e. The van der Waals surface area contributed by atoms with E-state index in [1.807, 2.05) is 78.1 Å². The van der Waals surface area contributed by atoms with Crippen molar-refractivity contribution in [2.75, 3.05) is 0 Å². The normalized spacial score (nSPS) is 11.6. The Balaban J connectivity index is 1.10. The number of rotatable bonds is 5. The maximum absolute atomic E-state index is 6.54. The molecule has 5 heteroatoms. The molecule has 234 valence electrons. The first-order chi connectivity index (χ1) is 24.8. The van der Waals surface area contributed by atoms with Gasteiger partial charge in [-0.05, 0) is 52.6 Å². The topological polar surface area (TPSA) is 51.8 Å². The molecule has 3 heterocycles. The van der Waals surface area contributed by atoms with Gasteiger partial charge in [0.1, 0.15) is 11.2 Å². The number of furan rings is 1. The Morgan fingerprint density at radius 2 is 0.960 bits per heavy atom. The van der Waals surface area contributed by atoms with Crippen LogP contribution in [0.1, 0.15) is 0 Å². The number of hydrogen-bond donors (Lipinski definition) is 0. The predicted octanol–water partition coefficient (Wildman–Crippen LogP) is 12.5. The van der Waals surface area contributed by atoms with Crippen LogP contribution < -0.4 is 0 Å². The summed E-state index contributed by atoms with van der Waals surface area (Å²) in [6.45, 7) is 0. The number of nitrogens with zero attached hydrogens (tertiary/aromatic N) is 3. The van der Waals surface area contributed by atoms with Crippen LogP contribution in [0.3, 0.4) is 0 Å². The standard InChI is InChI=1S/C45H27N3OS/c1-3-12-28(13-4-1)43-46-44(29-14-5-2-6-15-29)48-45(47-43)32-24-25-37-39(27-32)49-38-22-11-19-33(41(37)38)30-16-9-17-31(26-30)34-20-10-21-36-35-18-7-8-23-40(35)50-42(34)36/h1-27H. The molecule has 10 aromatic rings. The van der Waals surface area contributed by atoms with E-state index in [2.05, 4.69) is 97.1 Å². The van der Waals surface area contributed by atoms with Gasteiger partial charge in [0.05, 0.1) is 0 Å². The van der Waals surface area contributed by atoms with Crippen molar-refractivity contribution < 1.29 is 4.42 Å². The summed E-state index contributed by atoms with van der Waals surface area (Å²) in [5.74, 6) is 1.86. The van der Waals surface area contributed by atoms with Gasteiger partial charge in [0.25, 0.3) is 0 Å². The third kappa shape index (κ3) is 4.79. The van der Waals surface area contributed by atoms with Crippen LogP contribution in [-0.2, 0) is 0 Å². The average Bonchev–Trinajstić information content (AvgIpc) is 3.77. The zero-order valence-corrected chi connectivity index (χ0v) is 27.6. The van der Waals surface area contributed by atoms with Crippen molar-refractivity contribution in [3.05, 3.63) is 164 Å². The molecule has 0 saturated heterocycles. The van der Waals surface area contributed by atoms with Gasteiger partial charge in [0.2, 0.25) is 0 Å². The predicted molar refractivity (Wildman–Crippen MR) is 207 cm³/mol. The van der Waals surface area contributed by atoms with E-state index in [9.17, 15) is 0 Å². The molecule has 0 N–H and O–H groups in total. The highest BCUT2D eigenvalue weighted by Gasteiger charge is 2.17. The van der Waals surface area contributed by atoms with E-state index in [1.54, 1.807) is 0 Å². The van der Waals surface area contributed by atoms with Crippen LogP contribution in [-0.4, -0.2) is 15.0 Å². The summed E-state index contributed by atoms with van der Waals surface area (Å²) in [6.07, 6.45) is 0. The Bertz CT molecular complexity index is 2820. The molecule has 0 aliphatic heterocycles. The molecule has 0 bridgehead atoms. The molecule has 0 aliphatic rings. The highest BCUT2D eigenvalue weighted by atomic mass is 32.1. The maximum atomic E-state index is 6.54. The monoisotopic (exact) mass is 657 g/mol. The zero-order chi connectivity index (χ0) is 33.0. The Kier molecular flexibility index (Phi) is 6.64. The van der Waals surface area contributed by atoms with Crippen molar-refractivity contribution in [2.45, 2.75) is 0 Å². The van der Waals surface area contributed by atoms with Crippen molar-refractivity contribution in [3.63, 3.8) is 0 Å². The Hall–Kier alpha value is -6.43. The van der Waals surface area contributed by atoms with Crippen LogP contribution in [0.2, 0.25) is 0 Å². The largest absolute Gasteiger partial charge is 0.456 e. The summed E-state index contributed by atoms with van der Waals surface area (Å²) in [7, 11) is 0. The fourth-order valence-electron chi connectivity index (χ4n) is 6.97. The van der Waals surface area contributed by atoms with E-state index < -0.39 is 0 Å². The van der Waals surface area contributed by atoms with Gasteiger partial charge in [-0.3, -0.25) is 0 Å².